The molecule has 1 heterocycles. The third kappa shape index (κ3) is 5.54. The van der Waals surface area contributed by atoms with Gasteiger partial charge in [-0.25, -0.2) is 9.97 Å². The Morgan fingerprint density at radius 2 is 2.04 bits per heavy atom. The van der Waals surface area contributed by atoms with Crippen LogP contribution in [-0.2, 0) is 0 Å². The van der Waals surface area contributed by atoms with Crippen LogP contribution in [0.15, 0.2) is 35.9 Å². The Labute approximate surface area is 165 Å². The Kier molecular flexibility index (Phi) is 6.45. The maximum atomic E-state index is 12.5. The van der Waals surface area contributed by atoms with Crippen molar-refractivity contribution in [3.8, 4) is 0 Å². The van der Waals surface area contributed by atoms with Gasteiger partial charge in [-0.3, -0.25) is 4.79 Å². The SMILES string of the molecule is Cc1cc(C(=O)NCCC2=CCCCC2)nc(Nc2ccc(C)c(Cl)c2)n1. The Hall–Kier alpha value is -2.40. The first kappa shape index (κ1) is 19.4. The lowest BCUT2D eigenvalue weighted by Gasteiger charge is -2.13. The predicted octanol–water partition coefficient (Wildman–Crippen LogP) is 5.11. The number of allylic oxidation sites excluding steroid dienone is 1. The van der Waals surface area contributed by atoms with E-state index in [-0.39, 0.29) is 5.91 Å². The minimum absolute atomic E-state index is 0.179. The smallest absolute Gasteiger partial charge is 0.270 e. The van der Waals surface area contributed by atoms with Crippen molar-refractivity contribution in [1.82, 2.24) is 15.3 Å². The molecule has 1 aromatic carbocycles. The van der Waals surface area contributed by atoms with Gasteiger partial charge in [-0.1, -0.05) is 29.3 Å². The van der Waals surface area contributed by atoms with E-state index >= 15 is 0 Å². The van der Waals surface area contributed by atoms with Crippen molar-refractivity contribution in [1.29, 1.82) is 0 Å². The Morgan fingerprint density at radius 3 is 2.78 bits per heavy atom. The second-order valence-corrected chi connectivity index (χ2v) is 7.33. The van der Waals surface area contributed by atoms with E-state index < -0.39 is 0 Å². The van der Waals surface area contributed by atoms with Gasteiger partial charge in [0.25, 0.3) is 5.91 Å². The average Bonchev–Trinajstić information content (AvgIpc) is 2.65. The molecule has 0 spiro atoms. The topological polar surface area (TPSA) is 66.9 Å². The molecule has 2 N–H and O–H groups in total. The van der Waals surface area contributed by atoms with Crippen molar-refractivity contribution in [2.24, 2.45) is 0 Å². The van der Waals surface area contributed by atoms with Crippen LogP contribution in [-0.4, -0.2) is 22.4 Å². The lowest BCUT2D eigenvalue weighted by atomic mass is 9.97. The molecular weight excluding hydrogens is 360 g/mol. The molecule has 1 amide bonds. The maximum absolute atomic E-state index is 12.5. The molecule has 142 valence electrons. The highest BCUT2D eigenvalue weighted by Crippen LogP contribution is 2.22. The number of aromatic nitrogens is 2. The summed E-state index contributed by atoms with van der Waals surface area (Å²) in [6, 6.07) is 7.35. The zero-order valence-electron chi connectivity index (χ0n) is 15.8. The summed E-state index contributed by atoms with van der Waals surface area (Å²) < 4.78 is 0. The van der Waals surface area contributed by atoms with Crippen molar-refractivity contribution in [2.45, 2.75) is 46.0 Å². The fraction of sp³-hybridized carbons (Fsp3) is 0.381. The van der Waals surface area contributed by atoms with E-state index in [1.54, 1.807) is 6.07 Å². The molecule has 1 aliphatic rings. The largest absolute Gasteiger partial charge is 0.350 e. The number of carbonyl (C=O) groups excluding carboxylic acids is 1. The van der Waals surface area contributed by atoms with Crippen LogP contribution < -0.4 is 10.6 Å². The highest BCUT2D eigenvalue weighted by atomic mass is 35.5. The minimum atomic E-state index is -0.179. The van der Waals surface area contributed by atoms with Crippen LogP contribution >= 0.6 is 11.6 Å². The molecule has 0 saturated heterocycles. The fourth-order valence-electron chi connectivity index (χ4n) is 3.10. The van der Waals surface area contributed by atoms with Gasteiger partial charge in [0.05, 0.1) is 0 Å². The van der Waals surface area contributed by atoms with Crippen molar-refractivity contribution in [2.75, 3.05) is 11.9 Å². The van der Waals surface area contributed by atoms with Crippen molar-refractivity contribution in [3.63, 3.8) is 0 Å². The second-order valence-electron chi connectivity index (χ2n) is 6.92. The first-order valence-electron chi connectivity index (χ1n) is 9.36. The molecule has 1 aliphatic carbocycles. The Bertz CT molecular complexity index is 863. The van der Waals surface area contributed by atoms with E-state index in [0.29, 0.717) is 23.2 Å². The van der Waals surface area contributed by atoms with Gasteiger partial charge in [0.1, 0.15) is 5.69 Å². The van der Waals surface area contributed by atoms with Crippen LogP contribution in [0.5, 0.6) is 0 Å². The van der Waals surface area contributed by atoms with E-state index in [1.807, 2.05) is 32.0 Å². The lowest BCUT2D eigenvalue weighted by molar-refractivity contribution is 0.0949. The predicted molar refractivity (Wildman–Crippen MR) is 110 cm³/mol. The average molecular weight is 385 g/mol. The molecule has 2 aromatic rings. The van der Waals surface area contributed by atoms with E-state index in [1.165, 1.54) is 18.4 Å². The number of anilines is 2. The first-order valence-corrected chi connectivity index (χ1v) is 9.74. The third-order valence-corrected chi connectivity index (χ3v) is 5.04. The first-order chi connectivity index (χ1) is 13.0. The number of aryl methyl sites for hydroxylation is 2. The number of hydrogen-bond donors (Lipinski definition) is 2. The van der Waals surface area contributed by atoms with Crippen molar-refractivity contribution in [3.05, 3.63) is 57.9 Å². The van der Waals surface area contributed by atoms with Gasteiger partial charge in [-0.15, -0.1) is 0 Å². The number of amides is 1. The molecule has 6 heteroatoms. The summed E-state index contributed by atoms with van der Waals surface area (Å²) in [5.74, 6) is 0.206. The number of nitrogens with one attached hydrogen (secondary N) is 2. The quantitative estimate of drug-likeness (QED) is 0.679. The highest BCUT2D eigenvalue weighted by molar-refractivity contribution is 6.31. The van der Waals surface area contributed by atoms with Crippen LogP contribution in [0.4, 0.5) is 11.6 Å². The molecule has 0 bridgehead atoms. The number of hydrogen-bond acceptors (Lipinski definition) is 4. The third-order valence-electron chi connectivity index (χ3n) is 4.63. The fourth-order valence-corrected chi connectivity index (χ4v) is 3.28. The monoisotopic (exact) mass is 384 g/mol. The van der Waals surface area contributed by atoms with Gasteiger partial charge in [-0.2, -0.15) is 0 Å². The van der Waals surface area contributed by atoms with E-state index in [2.05, 4.69) is 26.7 Å². The van der Waals surface area contributed by atoms with Gasteiger partial charge in [0.15, 0.2) is 0 Å². The molecule has 27 heavy (non-hydrogen) atoms. The highest BCUT2D eigenvalue weighted by Gasteiger charge is 2.12. The summed E-state index contributed by atoms with van der Waals surface area (Å²) >= 11 is 6.16. The lowest BCUT2D eigenvalue weighted by Crippen LogP contribution is -2.26. The van der Waals surface area contributed by atoms with E-state index in [9.17, 15) is 4.79 Å². The summed E-state index contributed by atoms with van der Waals surface area (Å²) in [4.78, 5) is 21.2. The van der Waals surface area contributed by atoms with Gasteiger partial charge >= 0.3 is 0 Å². The van der Waals surface area contributed by atoms with Crippen LogP contribution in [0.3, 0.4) is 0 Å². The van der Waals surface area contributed by atoms with Gasteiger partial charge in [0.2, 0.25) is 5.95 Å². The number of nitrogens with zero attached hydrogens (tertiary/aromatic N) is 2. The second kappa shape index (κ2) is 9.00. The van der Waals surface area contributed by atoms with E-state index in [4.69, 9.17) is 11.6 Å². The molecule has 0 saturated carbocycles. The number of benzene rings is 1. The molecule has 5 nitrogen and oxygen atoms in total. The standard InChI is InChI=1S/C21H25ClN4O/c1-14-8-9-17(13-18(14)22)25-21-24-15(2)12-19(26-21)20(27)23-11-10-16-6-4-3-5-7-16/h6,8-9,12-13H,3-5,7,10-11H2,1-2H3,(H,23,27)(H,24,25,26). The van der Waals surface area contributed by atoms with Gasteiger partial charge in [0, 0.05) is 22.9 Å². The molecule has 3 rings (SSSR count). The summed E-state index contributed by atoms with van der Waals surface area (Å²) in [7, 11) is 0. The van der Waals surface area contributed by atoms with Crippen LogP contribution in [0.2, 0.25) is 5.02 Å². The molecule has 0 aliphatic heterocycles. The zero-order valence-corrected chi connectivity index (χ0v) is 16.6. The summed E-state index contributed by atoms with van der Waals surface area (Å²) in [5, 5.41) is 6.75. The minimum Gasteiger partial charge on any atom is -0.350 e. The Morgan fingerprint density at radius 1 is 1.19 bits per heavy atom. The molecule has 1 aromatic heterocycles. The van der Waals surface area contributed by atoms with Crippen LogP contribution in [0.25, 0.3) is 0 Å². The van der Waals surface area contributed by atoms with Crippen molar-refractivity contribution < 1.29 is 4.79 Å². The molecule has 0 fully saturated rings. The van der Waals surface area contributed by atoms with Crippen LogP contribution in [0, 0.1) is 13.8 Å². The van der Waals surface area contributed by atoms with E-state index in [0.717, 1.165) is 36.2 Å². The summed E-state index contributed by atoms with van der Waals surface area (Å²) in [6.07, 6.45) is 8.05. The summed E-state index contributed by atoms with van der Waals surface area (Å²) in [6.45, 7) is 4.42. The number of halogens is 1. The maximum Gasteiger partial charge on any atom is 0.270 e. The normalized spacial score (nSPS) is 13.8. The molecule has 0 atom stereocenters. The molecular formula is C21H25ClN4O. The number of rotatable bonds is 6. The zero-order chi connectivity index (χ0) is 19.2. The number of carbonyl (C=O) groups is 1. The molecule has 0 unspecified atom stereocenters. The van der Waals surface area contributed by atoms with Crippen LogP contribution in [0.1, 0.15) is 53.8 Å². The Balaban J connectivity index is 1.64. The molecule has 0 radical (unpaired) electrons. The van der Waals surface area contributed by atoms with Crippen molar-refractivity contribution >= 4 is 29.1 Å². The van der Waals surface area contributed by atoms with Gasteiger partial charge < -0.3 is 10.6 Å². The van der Waals surface area contributed by atoms with Gasteiger partial charge in [-0.05, 0) is 69.7 Å². The summed E-state index contributed by atoms with van der Waals surface area (Å²) in [5.41, 5.74) is 4.32.